The van der Waals surface area contributed by atoms with Crippen LogP contribution in [0.25, 0.3) is 11.0 Å². The molecule has 3 aromatic rings. The lowest BCUT2D eigenvalue weighted by Crippen LogP contribution is -2.44. The number of pyridine rings is 1. The first-order valence-electron chi connectivity index (χ1n) is 9.37. The van der Waals surface area contributed by atoms with Crippen LogP contribution in [0.2, 0.25) is 0 Å². The van der Waals surface area contributed by atoms with Crippen LogP contribution in [0.1, 0.15) is 18.3 Å². The standard InChI is InChI=1S/C19H25N7O/c1-3-27-13-16-6-4-5-15(23-16)12-26-19-17(11-22-26)18(20-14-21-19)25-9-7-24(2)8-10-25/h4-6,11,14H,3,7-10,12-13H2,1-2H3. The second-order valence-electron chi connectivity index (χ2n) is 6.78. The number of anilines is 1. The molecule has 0 saturated carbocycles. The van der Waals surface area contributed by atoms with Gasteiger partial charge in [0.05, 0.1) is 36.1 Å². The molecule has 27 heavy (non-hydrogen) atoms. The van der Waals surface area contributed by atoms with Gasteiger partial charge in [0.25, 0.3) is 0 Å². The van der Waals surface area contributed by atoms with E-state index in [0.717, 1.165) is 54.4 Å². The van der Waals surface area contributed by atoms with E-state index in [-0.39, 0.29) is 0 Å². The summed E-state index contributed by atoms with van der Waals surface area (Å²) < 4.78 is 7.35. The molecule has 8 heteroatoms. The van der Waals surface area contributed by atoms with Gasteiger partial charge in [-0.3, -0.25) is 4.98 Å². The van der Waals surface area contributed by atoms with Crippen molar-refractivity contribution in [3.63, 3.8) is 0 Å². The Kier molecular flexibility index (Phi) is 5.26. The van der Waals surface area contributed by atoms with Crippen molar-refractivity contribution >= 4 is 16.9 Å². The van der Waals surface area contributed by atoms with Crippen LogP contribution in [0.15, 0.2) is 30.7 Å². The number of nitrogens with zero attached hydrogens (tertiary/aromatic N) is 7. The van der Waals surface area contributed by atoms with Crippen molar-refractivity contribution in [1.29, 1.82) is 0 Å². The Labute approximate surface area is 158 Å². The zero-order valence-electron chi connectivity index (χ0n) is 15.9. The van der Waals surface area contributed by atoms with Gasteiger partial charge >= 0.3 is 0 Å². The smallest absolute Gasteiger partial charge is 0.163 e. The Morgan fingerprint density at radius 2 is 1.89 bits per heavy atom. The fraction of sp³-hybridized carbons (Fsp3) is 0.474. The molecule has 4 rings (SSSR count). The molecule has 0 atom stereocenters. The van der Waals surface area contributed by atoms with Crippen LogP contribution >= 0.6 is 0 Å². The molecule has 0 spiro atoms. The summed E-state index contributed by atoms with van der Waals surface area (Å²) in [6.45, 7) is 7.78. The molecule has 4 heterocycles. The number of hydrogen-bond acceptors (Lipinski definition) is 7. The van der Waals surface area contributed by atoms with Gasteiger partial charge < -0.3 is 14.5 Å². The second-order valence-corrected chi connectivity index (χ2v) is 6.78. The Hall–Kier alpha value is -2.58. The molecule has 3 aromatic heterocycles. The molecule has 0 radical (unpaired) electrons. The van der Waals surface area contributed by atoms with Crippen LogP contribution in [0.4, 0.5) is 5.82 Å². The summed E-state index contributed by atoms with van der Waals surface area (Å²) in [5.41, 5.74) is 2.71. The van der Waals surface area contributed by atoms with E-state index in [0.29, 0.717) is 19.8 Å². The minimum atomic E-state index is 0.528. The maximum Gasteiger partial charge on any atom is 0.163 e. The van der Waals surface area contributed by atoms with E-state index < -0.39 is 0 Å². The predicted molar refractivity (Wildman–Crippen MR) is 104 cm³/mol. The number of rotatable bonds is 6. The summed E-state index contributed by atoms with van der Waals surface area (Å²) in [5.74, 6) is 0.970. The van der Waals surface area contributed by atoms with Crippen molar-refractivity contribution < 1.29 is 4.74 Å². The molecular formula is C19H25N7O. The van der Waals surface area contributed by atoms with Gasteiger partial charge in [0.15, 0.2) is 5.65 Å². The van der Waals surface area contributed by atoms with Crippen LogP contribution < -0.4 is 4.90 Å². The molecule has 142 valence electrons. The van der Waals surface area contributed by atoms with Gasteiger partial charge in [-0.25, -0.2) is 14.6 Å². The zero-order chi connectivity index (χ0) is 18.6. The van der Waals surface area contributed by atoms with E-state index in [1.54, 1.807) is 6.33 Å². The predicted octanol–water partition coefficient (Wildman–Crippen LogP) is 1.56. The summed E-state index contributed by atoms with van der Waals surface area (Å²) in [7, 11) is 2.15. The monoisotopic (exact) mass is 367 g/mol. The number of fused-ring (bicyclic) bond motifs is 1. The van der Waals surface area contributed by atoms with Gasteiger partial charge in [-0.1, -0.05) is 6.07 Å². The van der Waals surface area contributed by atoms with Crippen molar-refractivity contribution in [3.05, 3.63) is 42.1 Å². The number of aromatic nitrogens is 5. The first-order valence-corrected chi connectivity index (χ1v) is 9.37. The number of ether oxygens (including phenoxy) is 1. The highest BCUT2D eigenvalue weighted by molar-refractivity contribution is 5.86. The highest BCUT2D eigenvalue weighted by Gasteiger charge is 2.19. The van der Waals surface area contributed by atoms with Crippen molar-refractivity contribution in [1.82, 2.24) is 29.6 Å². The van der Waals surface area contributed by atoms with E-state index in [4.69, 9.17) is 4.74 Å². The summed E-state index contributed by atoms with van der Waals surface area (Å²) in [6, 6.07) is 5.99. The quantitative estimate of drug-likeness (QED) is 0.655. The Balaban J connectivity index is 1.58. The molecule has 0 aliphatic carbocycles. The Morgan fingerprint density at radius 3 is 2.70 bits per heavy atom. The van der Waals surface area contributed by atoms with Gasteiger partial charge in [-0.05, 0) is 26.1 Å². The molecule has 8 nitrogen and oxygen atoms in total. The third kappa shape index (κ3) is 3.91. The summed E-state index contributed by atoms with van der Waals surface area (Å²) in [6.07, 6.45) is 3.50. The molecule has 0 N–H and O–H groups in total. The highest BCUT2D eigenvalue weighted by Crippen LogP contribution is 2.23. The number of piperazine rings is 1. The largest absolute Gasteiger partial charge is 0.375 e. The van der Waals surface area contributed by atoms with Crippen molar-refractivity contribution in [2.45, 2.75) is 20.1 Å². The van der Waals surface area contributed by atoms with Crippen LogP contribution in [0.3, 0.4) is 0 Å². The minimum absolute atomic E-state index is 0.528. The van der Waals surface area contributed by atoms with Crippen LogP contribution in [0.5, 0.6) is 0 Å². The average molecular weight is 367 g/mol. The lowest BCUT2D eigenvalue weighted by Gasteiger charge is -2.33. The summed E-state index contributed by atoms with van der Waals surface area (Å²) in [4.78, 5) is 18.3. The molecule has 1 fully saturated rings. The molecule has 0 amide bonds. The normalized spacial score (nSPS) is 15.6. The van der Waals surface area contributed by atoms with Crippen molar-refractivity contribution in [3.8, 4) is 0 Å². The van der Waals surface area contributed by atoms with E-state index in [9.17, 15) is 0 Å². The summed E-state index contributed by atoms with van der Waals surface area (Å²) >= 11 is 0. The first kappa shape index (κ1) is 17.8. The molecule has 0 bridgehead atoms. The minimum Gasteiger partial charge on any atom is -0.375 e. The molecule has 0 unspecified atom stereocenters. The number of likely N-dealkylation sites (N-methyl/N-ethyl adjacent to an activating group) is 1. The van der Waals surface area contributed by atoms with Gasteiger partial charge in [0, 0.05) is 32.8 Å². The SMILES string of the molecule is CCOCc1cccc(Cn2ncc3c(N4CCN(C)CC4)ncnc32)n1. The maximum atomic E-state index is 5.46. The fourth-order valence-corrected chi connectivity index (χ4v) is 3.32. The van der Waals surface area contributed by atoms with Gasteiger partial charge in [-0.15, -0.1) is 0 Å². The summed E-state index contributed by atoms with van der Waals surface area (Å²) in [5, 5.41) is 5.55. The Bertz CT molecular complexity index is 902. The van der Waals surface area contributed by atoms with E-state index in [2.05, 4.69) is 36.9 Å². The molecule has 1 saturated heterocycles. The van der Waals surface area contributed by atoms with Crippen LogP contribution in [-0.4, -0.2) is 69.5 Å². The van der Waals surface area contributed by atoms with Gasteiger partial charge in [0.1, 0.15) is 12.1 Å². The third-order valence-corrected chi connectivity index (χ3v) is 4.85. The first-order chi connectivity index (χ1) is 13.2. The average Bonchev–Trinajstić information content (AvgIpc) is 3.10. The van der Waals surface area contributed by atoms with Gasteiger partial charge in [-0.2, -0.15) is 5.10 Å². The molecular weight excluding hydrogens is 342 g/mol. The van der Waals surface area contributed by atoms with Crippen molar-refractivity contribution in [2.24, 2.45) is 0 Å². The van der Waals surface area contributed by atoms with E-state index >= 15 is 0 Å². The number of hydrogen-bond donors (Lipinski definition) is 0. The Morgan fingerprint density at radius 1 is 1.07 bits per heavy atom. The van der Waals surface area contributed by atoms with E-state index in [1.165, 1.54) is 0 Å². The molecule has 1 aliphatic heterocycles. The maximum absolute atomic E-state index is 5.46. The van der Waals surface area contributed by atoms with Crippen molar-refractivity contribution in [2.75, 3.05) is 44.7 Å². The highest BCUT2D eigenvalue weighted by atomic mass is 16.5. The molecule has 1 aliphatic rings. The zero-order valence-corrected chi connectivity index (χ0v) is 15.9. The lowest BCUT2D eigenvalue weighted by atomic mass is 10.3. The van der Waals surface area contributed by atoms with Crippen LogP contribution in [0, 0.1) is 0 Å². The fourth-order valence-electron chi connectivity index (χ4n) is 3.32. The molecule has 0 aromatic carbocycles. The second kappa shape index (κ2) is 7.98. The van der Waals surface area contributed by atoms with E-state index in [1.807, 2.05) is 36.0 Å². The lowest BCUT2D eigenvalue weighted by molar-refractivity contribution is 0.131. The third-order valence-electron chi connectivity index (χ3n) is 4.85. The van der Waals surface area contributed by atoms with Gasteiger partial charge in [0.2, 0.25) is 0 Å². The topological polar surface area (TPSA) is 72.2 Å². The van der Waals surface area contributed by atoms with Crippen LogP contribution in [-0.2, 0) is 17.9 Å².